The van der Waals surface area contributed by atoms with Gasteiger partial charge in [-0.2, -0.15) is 0 Å². The Morgan fingerprint density at radius 3 is 2.50 bits per heavy atom. The predicted octanol–water partition coefficient (Wildman–Crippen LogP) is 6.35. The first-order valence-electron chi connectivity index (χ1n) is 14.2. The number of nitrogens with one attached hydrogen (secondary N) is 2. The van der Waals surface area contributed by atoms with E-state index in [0.717, 1.165) is 23.1 Å². The van der Waals surface area contributed by atoms with Gasteiger partial charge in [0.2, 0.25) is 5.91 Å². The predicted molar refractivity (Wildman–Crippen MR) is 161 cm³/mol. The number of alkyl carbamates (subject to hydrolysis) is 1. The molecule has 2 N–H and O–H groups in total. The van der Waals surface area contributed by atoms with E-state index in [1.54, 1.807) is 39.0 Å². The minimum Gasteiger partial charge on any atom is -0.445 e. The van der Waals surface area contributed by atoms with Crippen LogP contribution in [-0.2, 0) is 40.4 Å². The highest BCUT2D eigenvalue weighted by Crippen LogP contribution is 2.38. The Morgan fingerprint density at radius 1 is 0.929 bits per heavy atom. The maximum Gasteiger partial charge on any atom is 0.410 e. The first-order chi connectivity index (χ1) is 20.1. The highest BCUT2D eigenvalue weighted by Gasteiger charge is 2.35. The molecule has 1 saturated heterocycles. The SMILES string of the molecule is CC(C)(C)OC(=O)NCc1ccc(Cl)cc1CNC(=O)[C@@H]1CCCN1C(=O)OCc1cccc2c1Cc1ccccc1-2. The van der Waals surface area contributed by atoms with E-state index in [4.69, 9.17) is 21.1 Å². The number of benzene rings is 3. The molecule has 3 aromatic carbocycles. The Bertz CT molecular complexity index is 1500. The fraction of sp³-hybridized carbons (Fsp3) is 0.364. The van der Waals surface area contributed by atoms with Gasteiger partial charge in [-0.25, -0.2) is 9.59 Å². The molecule has 2 aliphatic rings. The van der Waals surface area contributed by atoms with Crippen molar-refractivity contribution in [3.05, 3.63) is 93.5 Å². The molecule has 3 aromatic rings. The number of carbonyl (C=O) groups is 3. The molecule has 1 aliphatic carbocycles. The molecule has 3 amide bonds. The van der Waals surface area contributed by atoms with Crippen LogP contribution in [0.1, 0.15) is 61.4 Å². The third kappa shape index (κ3) is 6.87. The van der Waals surface area contributed by atoms with Gasteiger partial charge in [0.15, 0.2) is 0 Å². The van der Waals surface area contributed by atoms with Crippen LogP contribution in [0.25, 0.3) is 11.1 Å². The molecule has 8 nitrogen and oxygen atoms in total. The molecule has 9 heteroatoms. The molecule has 0 saturated carbocycles. The van der Waals surface area contributed by atoms with Crippen molar-refractivity contribution in [2.24, 2.45) is 0 Å². The van der Waals surface area contributed by atoms with Crippen LogP contribution in [0.5, 0.6) is 0 Å². The second-order valence-corrected chi connectivity index (χ2v) is 12.1. The summed E-state index contributed by atoms with van der Waals surface area (Å²) in [7, 11) is 0. The molecule has 1 atom stereocenters. The Morgan fingerprint density at radius 2 is 1.69 bits per heavy atom. The molecule has 42 heavy (non-hydrogen) atoms. The summed E-state index contributed by atoms with van der Waals surface area (Å²) in [5.74, 6) is -0.258. The van der Waals surface area contributed by atoms with Crippen LogP contribution in [0, 0.1) is 0 Å². The number of carbonyl (C=O) groups excluding carboxylic acids is 3. The van der Waals surface area contributed by atoms with Crippen molar-refractivity contribution < 1.29 is 23.9 Å². The lowest BCUT2D eigenvalue weighted by Crippen LogP contribution is -2.46. The summed E-state index contributed by atoms with van der Waals surface area (Å²) >= 11 is 6.23. The Hall–Kier alpha value is -4.04. The number of hydrogen-bond donors (Lipinski definition) is 2. The van der Waals surface area contributed by atoms with Gasteiger partial charge in [-0.15, -0.1) is 0 Å². The molecule has 1 aliphatic heterocycles. The minimum absolute atomic E-state index is 0.150. The van der Waals surface area contributed by atoms with Gasteiger partial charge in [-0.3, -0.25) is 9.69 Å². The maximum absolute atomic E-state index is 13.2. The topological polar surface area (TPSA) is 97.0 Å². The molecule has 0 radical (unpaired) electrons. The molecule has 0 spiro atoms. The number of rotatable bonds is 7. The fourth-order valence-corrected chi connectivity index (χ4v) is 5.75. The van der Waals surface area contributed by atoms with E-state index in [-0.39, 0.29) is 25.6 Å². The number of ether oxygens (including phenoxy) is 2. The number of halogens is 1. The van der Waals surface area contributed by atoms with Gasteiger partial charge in [0, 0.05) is 24.7 Å². The Labute approximate surface area is 251 Å². The largest absolute Gasteiger partial charge is 0.445 e. The van der Waals surface area contributed by atoms with E-state index in [0.29, 0.717) is 24.4 Å². The number of likely N-dealkylation sites (tertiary alicyclic amines) is 1. The minimum atomic E-state index is -0.620. The molecule has 1 fully saturated rings. The van der Waals surface area contributed by atoms with Gasteiger partial charge in [-0.1, -0.05) is 60.1 Å². The monoisotopic (exact) mass is 589 g/mol. The van der Waals surface area contributed by atoms with E-state index in [1.807, 2.05) is 24.3 Å². The van der Waals surface area contributed by atoms with Crippen LogP contribution in [0.15, 0.2) is 60.7 Å². The molecule has 5 rings (SSSR count). The Balaban J connectivity index is 1.17. The third-order valence-corrected chi connectivity index (χ3v) is 7.77. The molecule has 1 heterocycles. The van der Waals surface area contributed by atoms with Crippen molar-refractivity contribution in [1.82, 2.24) is 15.5 Å². The van der Waals surface area contributed by atoms with Crippen molar-refractivity contribution in [3.8, 4) is 11.1 Å². The molecule has 220 valence electrons. The average Bonchev–Trinajstić information content (AvgIpc) is 3.59. The van der Waals surface area contributed by atoms with Crippen LogP contribution in [0.3, 0.4) is 0 Å². The first kappa shape index (κ1) is 29.5. The van der Waals surface area contributed by atoms with Gasteiger partial charge in [0.1, 0.15) is 18.2 Å². The quantitative estimate of drug-likeness (QED) is 0.262. The van der Waals surface area contributed by atoms with E-state index >= 15 is 0 Å². The van der Waals surface area contributed by atoms with Crippen LogP contribution in [0.4, 0.5) is 9.59 Å². The first-order valence-corrected chi connectivity index (χ1v) is 14.6. The van der Waals surface area contributed by atoms with Gasteiger partial charge in [-0.05, 0) is 91.1 Å². The third-order valence-electron chi connectivity index (χ3n) is 7.53. The molecule has 0 bridgehead atoms. The van der Waals surface area contributed by atoms with E-state index in [2.05, 4.69) is 28.8 Å². The number of amides is 3. The summed E-state index contributed by atoms with van der Waals surface area (Å²) in [4.78, 5) is 40.0. The van der Waals surface area contributed by atoms with Crippen LogP contribution < -0.4 is 10.6 Å². The van der Waals surface area contributed by atoms with Gasteiger partial charge >= 0.3 is 12.2 Å². The summed E-state index contributed by atoms with van der Waals surface area (Å²) in [6.45, 7) is 6.41. The summed E-state index contributed by atoms with van der Waals surface area (Å²) in [6, 6.07) is 19.1. The van der Waals surface area contributed by atoms with Crippen LogP contribution in [-0.4, -0.2) is 41.2 Å². The van der Waals surface area contributed by atoms with Crippen molar-refractivity contribution >= 4 is 29.7 Å². The van der Waals surface area contributed by atoms with Crippen LogP contribution in [0.2, 0.25) is 5.02 Å². The zero-order valence-corrected chi connectivity index (χ0v) is 24.9. The van der Waals surface area contributed by atoms with Crippen molar-refractivity contribution in [2.45, 2.75) is 71.4 Å². The van der Waals surface area contributed by atoms with Crippen molar-refractivity contribution in [1.29, 1.82) is 0 Å². The second kappa shape index (κ2) is 12.4. The lowest BCUT2D eigenvalue weighted by Gasteiger charge is -2.24. The number of fused-ring (bicyclic) bond motifs is 3. The molecule has 0 aromatic heterocycles. The highest BCUT2D eigenvalue weighted by molar-refractivity contribution is 6.30. The normalized spacial score (nSPS) is 15.5. The number of hydrogen-bond acceptors (Lipinski definition) is 5. The lowest BCUT2D eigenvalue weighted by atomic mass is 10.0. The van der Waals surface area contributed by atoms with Gasteiger partial charge in [0.05, 0.1) is 0 Å². The van der Waals surface area contributed by atoms with Crippen molar-refractivity contribution in [2.75, 3.05) is 6.54 Å². The molecular weight excluding hydrogens is 554 g/mol. The van der Waals surface area contributed by atoms with E-state index in [1.165, 1.54) is 27.2 Å². The summed E-state index contributed by atoms with van der Waals surface area (Å²) < 4.78 is 11.1. The molecular formula is C33H36ClN3O5. The maximum atomic E-state index is 13.2. The summed E-state index contributed by atoms with van der Waals surface area (Å²) in [5, 5.41) is 6.20. The smallest absolute Gasteiger partial charge is 0.410 e. The highest BCUT2D eigenvalue weighted by atomic mass is 35.5. The Kier molecular flexibility index (Phi) is 8.73. The van der Waals surface area contributed by atoms with E-state index in [9.17, 15) is 14.4 Å². The lowest BCUT2D eigenvalue weighted by molar-refractivity contribution is -0.125. The van der Waals surface area contributed by atoms with E-state index < -0.39 is 23.8 Å². The van der Waals surface area contributed by atoms with Gasteiger partial charge < -0.3 is 20.1 Å². The average molecular weight is 590 g/mol. The van der Waals surface area contributed by atoms with Crippen LogP contribution >= 0.6 is 11.6 Å². The summed E-state index contributed by atoms with van der Waals surface area (Å²) in [5.41, 5.74) is 6.78. The zero-order valence-electron chi connectivity index (χ0n) is 24.2. The fourth-order valence-electron chi connectivity index (χ4n) is 5.55. The molecule has 0 unspecified atom stereocenters. The zero-order chi connectivity index (χ0) is 29.9. The summed E-state index contributed by atoms with van der Waals surface area (Å²) in [6.07, 6.45) is 1.06. The standard InChI is InChI=1S/C33H36ClN3O5/c1-33(2,3)42-31(39)36-18-22-13-14-25(34)16-24(22)19-35-30(38)29-12-7-15-37(29)32(40)41-20-23-9-6-11-27-26-10-5-4-8-21(26)17-28(23)27/h4-6,8-11,13-14,16,29H,7,12,15,17-20H2,1-3H3,(H,35,38)(H,36,39)/t29-/m0/s1. The number of nitrogens with zero attached hydrogens (tertiary/aromatic N) is 1. The van der Waals surface area contributed by atoms with Gasteiger partial charge in [0.25, 0.3) is 0 Å². The van der Waals surface area contributed by atoms with Crippen molar-refractivity contribution in [3.63, 3.8) is 0 Å². The second-order valence-electron chi connectivity index (χ2n) is 11.7.